The molecule has 0 aromatic heterocycles. The molecule has 0 saturated carbocycles. The molecule has 1 atom stereocenters. The minimum Gasteiger partial charge on any atom is -0.381 e. The Labute approximate surface area is 125 Å². The van der Waals surface area contributed by atoms with Crippen LogP contribution in [0.4, 0.5) is 4.39 Å². The predicted molar refractivity (Wildman–Crippen MR) is 79.0 cm³/mol. The van der Waals surface area contributed by atoms with E-state index in [1.165, 1.54) is 6.07 Å². The molecule has 0 aliphatic rings. The van der Waals surface area contributed by atoms with Gasteiger partial charge in [-0.3, -0.25) is 0 Å². The van der Waals surface area contributed by atoms with Crippen LogP contribution in [0.15, 0.2) is 40.9 Å². The zero-order chi connectivity index (χ0) is 14.2. The minimum absolute atomic E-state index is 0.290. The highest BCUT2D eigenvalue weighted by molar-refractivity contribution is 9.10. The van der Waals surface area contributed by atoms with Crippen LogP contribution in [0.3, 0.4) is 0 Å². The molecule has 0 bridgehead atoms. The van der Waals surface area contributed by atoms with E-state index in [1.807, 2.05) is 6.07 Å². The van der Waals surface area contributed by atoms with Crippen LogP contribution in [0.2, 0.25) is 5.02 Å². The normalized spacial score (nSPS) is 14.2. The molecular weight excluding hydrogens is 331 g/mol. The Bertz CT molecular complexity index is 626. The fourth-order valence-corrected chi connectivity index (χ4v) is 2.84. The van der Waals surface area contributed by atoms with Crippen molar-refractivity contribution in [3.05, 3.63) is 68.4 Å². The summed E-state index contributed by atoms with van der Waals surface area (Å²) >= 11 is 9.50. The second kappa shape index (κ2) is 5.23. The Morgan fingerprint density at radius 2 is 1.89 bits per heavy atom. The van der Waals surface area contributed by atoms with Gasteiger partial charge in [0.1, 0.15) is 11.4 Å². The van der Waals surface area contributed by atoms with Crippen molar-refractivity contribution in [2.75, 3.05) is 0 Å². The highest BCUT2D eigenvalue weighted by Crippen LogP contribution is 2.35. The van der Waals surface area contributed by atoms with Gasteiger partial charge in [-0.1, -0.05) is 39.7 Å². The van der Waals surface area contributed by atoms with E-state index in [9.17, 15) is 9.50 Å². The molecule has 0 fully saturated rings. The number of aliphatic hydroxyl groups is 1. The van der Waals surface area contributed by atoms with Gasteiger partial charge in [0.05, 0.1) is 0 Å². The molecule has 0 aliphatic heterocycles. The van der Waals surface area contributed by atoms with Gasteiger partial charge in [0.2, 0.25) is 0 Å². The van der Waals surface area contributed by atoms with Crippen molar-refractivity contribution in [2.24, 2.45) is 0 Å². The van der Waals surface area contributed by atoms with Crippen molar-refractivity contribution in [3.8, 4) is 0 Å². The van der Waals surface area contributed by atoms with Crippen LogP contribution < -0.4 is 0 Å². The summed E-state index contributed by atoms with van der Waals surface area (Å²) in [5, 5.41) is 11.2. The number of benzene rings is 2. The Hall–Kier alpha value is -0.900. The van der Waals surface area contributed by atoms with E-state index in [2.05, 4.69) is 15.9 Å². The summed E-state index contributed by atoms with van der Waals surface area (Å²) in [6.07, 6.45) is 0. The maximum Gasteiger partial charge on any atom is 0.126 e. The quantitative estimate of drug-likeness (QED) is 0.830. The van der Waals surface area contributed by atoms with Crippen LogP contribution in [-0.2, 0) is 5.60 Å². The number of rotatable bonds is 2. The molecule has 1 nitrogen and oxygen atoms in total. The molecule has 0 amide bonds. The Morgan fingerprint density at radius 1 is 1.21 bits per heavy atom. The molecule has 1 N–H and O–H groups in total. The van der Waals surface area contributed by atoms with Gasteiger partial charge in [-0.25, -0.2) is 4.39 Å². The lowest BCUT2D eigenvalue weighted by molar-refractivity contribution is 0.102. The summed E-state index contributed by atoms with van der Waals surface area (Å²) in [5.41, 5.74) is 0.418. The third-order valence-corrected chi connectivity index (χ3v) is 3.98. The SMILES string of the molecule is Cc1cc(C(C)(O)c2ccc(Br)cc2Cl)ccc1F. The fourth-order valence-electron chi connectivity index (χ4n) is 1.99. The maximum atomic E-state index is 13.3. The lowest BCUT2D eigenvalue weighted by Crippen LogP contribution is -2.23. The van der Waals surface area contributed by atoms with Crippen LogP contribution in [0.25, 0.3) is 0 Å². The summed E-state index contributed by atoms with van der Waals surface area (Å²) < 4.78 is 14.1. The second-order valence-electron chi connectivity index (χ2n) is 4.66. The Kier molecular flexibility index (Phi) is 4.00. The average Bonchev–Trinajstić information content (AvgIpc) is 2.32. The molecule has 19 heavy (non-hydrogen) atoms. The van der Waals surface area contributed by atoms with E-state index in [-0.39, 0.29) is 5.82 Å². The highest BCUT2D eigenvalue weighted by atomic mass is 79.9. The number of halogens is 3. The van der Waals surface area contributed by atoms with E-state index < -0.39 is 5.60 Å². The first-order valence-corrected chi connectivity index (χ1v) is 6.94. The van der Waals surface area contributed by atoms with Gasteiger partial charge >= 0.3 is 0 Å². The molecule has 0 spiro atoms. The van der Waals surface area contributed by atoms with Crippen LogP contribution in [-0.4, -0.2) is 5.11 Å². The summed E-state index contributed by atoms with van der Waals surface area (Å²) in [7, 11) is 0. The lowest BCUT2D eigenvalue weighted by Gasteiger charge is -2.26. The van der Waals surface area contributed by atoms with Crippen molar-refractivity contribution < 1.29 is 9.50 Å². The molecule has 2 aromatic carbocycles. The maximum absolute atomic E-state index is 13.3. The molecule has 0 saturated heterocycles. The summed E-state index contributed by atoms with van der Waals surface area (Å²) in [5.74, 6) is -0.290. The number of aryl methyl sites for hydroxylation is 1. The molecule has 2 rings (SSSR count). The predicted octanol–water partition coefficient (Wildman–Crippen LogP) is 4.81. The second-order valence-corrected chi connectivity index (χ2v) is 5.98. The van der Waals surface area contributed by atoms with E-state index in [1.54, 1.807) is 38.1 Å². The van der Waals surface area contributed by atoms with E-state index in [4.69, 9.17) is 11.6 Å². The van der Waals surface area contributed by atoms with Crippen LogP contribution in [0.5, 0.6) is 0 Å². The average molecular weight is 344 g/mol. The first-order valence-electron chi connectivity index (χ1n) is 5.77. The minimum atomic E-state index is -1.27. The first-order chi connectivity index (χ1) is 8.82. The summed E-state index contributed by atoms with van der Waals surface area (Å²) in [4.78, 5) is 0. The van der Waals surface area contributed by atoms with Crippen molar-refractivity contribution >= 4 is 27.5 Å². The number of hydrogen-bond donors (Lipinski definition) is 1. The zero-order valence-electron chi connectivity index (χ0n) is 10.5. The molecule has 0 aliphatic carbocycles. The molecule has 100 valence electrons. The van der Waals surface area contributed by atoms with Gasteiger partial charge in [-0.15, -0.1) is 0 Å². The summed E-state index contributed by atoms with van der Waals surface area (Å²) in [6.45, 7) is 3.31. The van der Waals surface area contributed by atoms with Crippen molar-refractivity contribution in [1.29, 1.82) is 0 Å². The van der Waals surface area contributed by atoms with Gasteiger partial charge in [0.25, 0.3) is 0 Å². The van der Waals surface area contributed by atoms with Crippen LogP contribution >= 0.6 is 27.5 Å². The molecule has 0 heterocycles. The molecule has 4 heteroatoms. The standard InChI is InChI=1S/C15H13BrClFO/c1-9-7-10(3-6-14(9)18)15(2,19)12-5-4-11(16)8-13(12)17/h3-8,19H,1-2H3. The fraction of sp³-hybridized carbons (Fsp3) is 0.200. The lowest BCUT2D eigenvalue weighted by atomic mass is 9.87. The monoisotopic (exact) mass is 342 g/mol. The van der Waals surface area contributed by atoms with Gasteiger partial charge in [0.15, 0.2) is 0 Å². The van der Waals surface area contributed by atoms with Crippen molar-refractivity contribution in [3.63, 3.8) is 0 Å². The molecule has 0 radical (unpaired) electrons. The Morgan fingerprint density at radius 3 is 2.47 bits per heavy atom. The van der Waals surface area contributed by atoms with Gasteiger partial charge in [-0.2, -0.15) is 0 Å². The highest BCUT2D eigenvalue weighted by Gasteiger charge is 2.28. The smallest absolute Gasteiger partial charge is 0.126 e. The van der Waals surface area contributed by atoms with E-state index >= 15 is 0 Å². The van der Waals surface area contributed by atoms with E-state index in [0.29, 0.717) is 21.7 Å². The molecular formula is C15H13BrClFO. The topological polar surface area (TPSA) is 20.2 Å². The largest absolute Gasteiger partial charge is 0.381 e. The van der Waals surface area contributed by atoms with Gasteiger partial charge in [0, 0.05) is 15.1 Å². The zero-order valence-corrected chi connectivity index (χ0v) is 12.9. The molecule has 1 unspecified atom stereocenters. The van der Waals surface area contributed by atoms with Gasteiger partial charge in [-0.05, 0) is 49.2 Å². The first kappa shape index (κ1) is 14.5. The van der Waals surface area contributed by atoms with Gasteiger partial charge < -0.3 is 5.11 Å². The Balaban J connectivity index is 2.54. The third kappa shape index (κ3) is 2.83. The third-order valence-electron chi connectivity index (χ3n) is 3.18. The van der Waals surface area contributed by atoms with E-state index in [0.717, 1.165) is 4.47 Å². The van der Waals surface area contributed by atoms with Crippen molar-refractivity contribution in [1.82, 2.24) is 0 Å². The number of hydrogen-bond acceptors (Lipinski definition) is 1. The summed E-state index contributed by atoms with van der Waals surface area (Å²) in [6, 6.07) is 9.85. The van der Waals surface area contributed by atoms with Crippen LogP contribution in [0.1, 0.15) is 23.6 Å². The molecule has 2 aromatic rings. The van der Waals surface area contributed by atoms with Crippen molar-refractivity contribution in [2.45, 2.75) is 19.4 Å². The van der Waals surface area contributed by atoms with Crippen LogP contribution in [0, 0.1) is 12.7 Å².